The van der Waals surface area contributed by atoms with Gasteiger partial charge in [-0.05, 0) is 6.92 Å². The molecule has 8 nitrogen and oxygen atoms in total. The number of carbonyl (C=O) groups is 1. The summed E-state index contributed by atoms with van der Waals surface area (Å²) in [5, 5.41) is 5.69. The van der Waals surface area contributed by atoms with Gasteiger partial charge in [0.2, 0.25) is 10.9 Å². The number of ether oxygens (including phenoxy) is 3. The van der Waals surface area contributed by atoms with E-state index in [1.807, 2.05) is 0 Å². The molecule has 0 aliphatic rings. The van der Waals surface area contributed by atoms with E-state index in [0.717, 1.165) is 11.5 Å². The number of nitrogens with one attached hydrogen (secondary N) is 2. The Morgan fingerprint density at radius 2 is 1.73 bits per heavy atom. The first-order valence-corrected chi connectivity index (χ1v) is 7.03. The van der Waals surface area contributed by atoms with Crippen LogP contribution in [-0.2, 0) is 0 Å². The number of anilines is 2. The molecule has 0 aliphatic heterocycles. The Balaban J connectivity index is 2.16. The molecule has 0 unspecified atom stereocenters. The summed E-state index contributed by atoms with van der Waals surface area (Å²) in [4.78, 5) is 16.0. The molecule has 1 aromatic heterocycles. The molecule has 2 N–H and O–H groups in total. The molecule has 0 saturated heterocycles. The number of nitrogens with zero attached hydrogens (tertiary/aromatic N) is 2. The van der Waals surface area contributed by atoms with E-state index in [1.54, 1.807) is 19.1 Å². The SMILES string of the molecule is COc1cc(NC(=O)Nc2nc(C)ns2)cc(OC)c1OC. The topological polar surface area (TPSA) is 94.6 Å². The van der Waals surface area contributed by atoms with E-state index < -0.39 is 6.03 Å². The van der Waals surface area contributed by atoms with Gasteiger partial charge in [-0.3, -0.25) is 5.32 Å². The highest BCUT2D eigenvalue weighted by Crippen LogP contribution is 2.39. The number of rotatable bonds is 5. The minimum atomic E-state index is -0.439. The fraction of sp³-hybridized carbons (Fsp3) is 0.308. The third-order valence-electron chi connectivity index (χ3n) is 2.67. The Hall–Kier alpha value is -2.55. The van der Waals surface area contributed by atoms with Gasteiger partial charge < -0.3 is 19.5 Å². The lowest BCUT2D eigenvalue weighted by Crippen LogP contribution is -2.19. The lowest BCUT2D eigenvalue weighted by molar-refractivity contribution is 0.262. The molecule has 0 atom stereocenters. The Morgan fingerprint density at radius 1 is 1.09 bits per heavy atom. The zero-order valence-electron chi connectivity index (χ0n) is 12.6. The molecule has 0 aliphatic carbocycles. The van der Waals surface area contributed by atoms with Crippen molar-refractivity contribution in [2.45, 2.75) is 6.92 Å². The van der Waals surface area contributed by atoms with Gasteiger partial charge in [0.05, 0.1) is 27.0 Å². The largest absolute Gasteiger partial charge is 0.493 e. The van der Waals surface area contributed by atoms with Crippen LogP contribution in [0.1, 0.15) is 5.82 Å². The summed E-state index contributed by atoms with van der Waals surface area (Å²) in [6.07, 6.45) is 0. The molecule has 118 valence electrons. The minimum Gasteiger partial charge on any atom is -0.493 e. The average Bonchev–Trinajstić information content (AvgIpc) is 2.90. The number of methoxy groups -OCH3 is 3. The molecular formula is C13H16N4O4S. The van der Waals surface area contributed by atoms with Crippen LogP contribution in [0, 0.1) is 6.92 Å². The van der Waals surface area contributed by atoms with E-state index in [2.05, 4.69) is 20.0 Å². The van der Waals surface area contributed by atoms with Crippen LogP contribution in [0.4, 0.5) is 15.6 Å². The first-order chi connectivity index (χ1) is 10.6. The van der Waals surface area contributed by atoms with Crippen LogP contribution >= 0.6 is 11.5 Å². The van der Waals surface area contributed by atoms with Gasteiger partial charge in [-0.2, -0.15) is 4.37 Å². The quantitative estimate of drug-likeness (QED) is 0.877. The van der Waals surface area contributed by atoms with E-state index >= 15 is 0 Å². The highest BCUT2D eigenvalue weighted by atomic mass is 32.1. The van der Waals surface area contributed by atoms with Gasteiger partial charge in [0.25, 0.3) is 0 Å². The molecule has 1 aromatic carbocycles. The van der Waals surface area contributed by atoms with Crippen LogP contribution in [0.5, 0.6) is 17.2 Å². The average molecular weight is 324 g/mol. The number of benzene rings is 1. The second kappa shape index (κ2) is 6.94. The van der Waals surface area contributed by atoms with Crippen molar-refractivity contribution in [3.8, 4) is 17.2 Å². The maximum Gasteiger partial charge on any atom is 0.325 e. The predicted molar refractivity (Wildman–Crippen MR) is 83.4 cm³/mol. The Bertz CT molecular complexity index is 649. The standard InChI is InChI=1S/C13H16N4O4S/c1-7-14-13(22-17-7)16-12(18)15-8-5-9(19-2)11(21-4)10(6-8)20-3/h5-6H,1-4H3,(H2,14,15,16,17,18). The number of carbonyl (C=O) groups excluding carboxylic acids is 1. The maximum absolute atomic E-state index is 11.9. The molecule has 22 heavy (non-hydrogen) atoms. The monoisotopic (exact) mass is 324 g/mol. The minimum absolute atomic E-state index is 0.419. The fourth-order valence-corrected chi connectivity index (χ4v) is 2.33. The smallest absolute Gasteiger partial charge is 0.325 e. The molecule has 2 amide bonds. The van der Waals surface area contributed by atoms with Gasteiger partial charge in [-0.25, -0.2) is 9.78 Å². The summed E-state index contributed by atoms with van der Waals surface area (Å²) >= 11 is 1.11. The van der Waals surface area contributed by atoms with Crippen LogP contribution in [0.3, 0.4) is 0 Å². The fourth-order valence-electron chi connectivity index (χ4n) is 1.76. The van der Waals surface area contributed by atoms with Crippen molar-refractivity contribution >= 4 is 28.4 Å². The molecule has 1 heterocycles. The molecule has 0 radical (unpaired) electrons. The molecule has 9 heteroatoms. The first-order valence-electron chi connectivity index (χ1n) is 6.25. The summed E-state index contributed by atoms with van der Waals surface area (Å²) in [5.41, 5.74) is 0.494. The zero-order chi connectivity index (χ0) is 16.1. The van der Waals surface area contributed by atoms with Crippen LogP contribution in [0.2, 0.25) is 0 Å². The van der Waals surface area contributed by atoms with E-state index in [1.165, 1.54) is 21.3 Å². The van der Waals surface area contributed by atoms with E-state index in [9.17, 15) is 4.79 Å². The number of aryl methyl sites for hydroxylation is 1. The molecule has 2 aromatic rings. The lowest BCUT2D eigenvalue weighted by Gasteiger charge is -2.14. The molecule has 2 rings (SSSR count). The van der Waals surface area contributed by atoms with Crippen molar-refractivity contribution in [1.29, 1.82) is 0 Å². The van der Waals surface area contributed by atoms with E-state index in [-0.39, 0.29) is 0 Å². The molecule has 0 fully saturated rings. The normalized spacial score (nSPS) is 10.0. The number of amides is 2. The highest BCUT2D eigenvalue weighted by molar-refractivity contribution is 7.09. The third-order valence-corrected chi connectivity index (χ3v) is 3.39. The number of hydrogen-bond acceptors (Lipinski definition) is 7. The predicted octanol–water partition coefficient (Wildman–Crippen LogP) is 2.52. The Labute approximate surface area is 131 Å². The lowest BCUT2D eigenvalue weighted by atomic mass is 10.2. The number of aromatic nitrogens is 2. The Kier molecular flexibility index (Phi) is 4.99. The van der Waals surface area contributed by atoms with Crippen molar-refractivity contribution in [2.24, 2.45) is 0 Å². The first kappa shape index (κ1) is 15.8. The van der Waals surface area contributed by atoms with Crippen molar-refractivity contribution in [3.05, 3.63) is 18.0 Å². The third kappa shape index (κ3) is 3.55. The second-order valence-corrected chi connectivity index (χ2v) is 4.89. The van der Waals surface area contributed by atoms with E-state index in [4.69, 9.17) is 14.2 Å². The van der Waals surface area contributed by atoms with Crippen LogP contribution < -0.4 is 24.8 Å². The van der Waals surface area contributed by atoms with Crippen molar-refractivity contribution in [3.63, 3.8) is 0 Å². The summed E-state index contributed by atoms with van der Waals surface area (Å²) in [6, 6.07) is 2.82. The van der Waals surface area contributed by atoms with Gasteiger partial charge in [-0.15, -0.1) is 0 Å². The van der Waals surface area contributed by atoms with Gasteiger partial charge >= 0.3 is 6.03 Å². The summed E-state index contributed by atoms with van der Waals surface area (Å²) < 4.78 is 19.7. The Morgan fingerprint density at radius 3 is 2.18 bits per heavy atom. The zero-order valence-corrected chi connectivity index (χ0v) is 13.4. The molecular weight excluding hydrogens is 308 g/mol. The van der Waals surface area contributed by atoms with E-state index in [0.29, 0.717) is 33.9 Å². The summed E-state index contributed by atoms with van der Waals surface area (Å²) in [6.45, 7) is 1.75. The van der Waals surface area contributed by atoms with Crippen molar-refractivity contribution in [2.75, 3.05) is 32.0 Å². The van der Waals surface area contributed by atoms with Gasteiger partial charge in [-0.1, -0.05) is 0 Å². The number of hydrogen-bond donors (Lipinski definition) is 2. The van der Waals surface area contributed by atoms with Crippen molar-refractivity contribution in [1.82, 2.24) is 9.36 Å². The number of urea groups is 1. The summed E-state index contributed by atoms with van der Waals surface area (Å²) in [7, 11) is 4.52. The van der Waals surface area contributed by atoms with Crippen LogP contribution in [0.25, 0.3) is 0 Å². The summed E-state index contributed by atoms with van der Waals surface area (Å²) in [5.74, 6) is 1.96. The molecule has 0 spiro atoms. The van der Waals surface area contributed by atoms with Crippen molar-refractivity contribution < 1.29 is 19.0 Å². The van der Waals surface area contributed by atoms with Gasteiger partial charge in [0, 0.05) is 23.7 Å². The highest BCUT2D eigenvalue weighted by Gasteiger charge is 2.15. The molecule has 0 saturated carbocycles. The maximum atomic E-state index is 11.9. The van der Waals surface area contributed by atoms with Crippen LogP contribution in [0.15, 0.2) is 12.1 Å². The van der Waals surface area contributed by atoms with Gasteiger partial charge in [0.1, 0.15) is 5.82 Å². The van der Waals surface area contributed by atoms with Gasteiger partial charge in [0.15, 0.2) is 11.5 Å². The second-order valence-electron chi connectivity index (χ2n) is 4.14. The van der Waals surface area contributed by atoms with Crippen LogP contribution in [-0.4, -0.2) is 36.7 Å². The molecule has 0 bridgehead atoms.